The number of rotatable bonds is 3. The molecule has 2 amide bonds. The predicted molar refractivity (Wildman–Crippen MR) is 87.4 cm³/mol. The van der Waals surface area contributed by atoms with Gasteiger partial charge in [-0.15, -0.1) is 0 Å². The van der Waals surface area contributed by atoms with Crippen LogP contribution in [0.15, 0.2) is 55.0 Å². The zero-order valence-electron chi connectivity index (χ0n) is 13.2. The third-order valence-corrected chi connectivity index (χ3v) is 3.55. The molecule has 0 bridgehead atoms. The normalized spacial score (nSPS) is 10.3. The number of nitrogens with zero attached hydrogens (tertiary/aromatic N) is 3. The van der Waals surface area contributed by atoms with Crippen LogP contribution in [0.4, 0.5) is 4.39 Å². The summed E-state index contributed by atoms with van der Waals surface area (Å²) in [6, 6.07) is 9.29. The van der Waals surface area contributed by atoms with E-state index in [1.807, 2.05) is 0 Å². The summed E-state index contributed by atoms with van der Waals surface area (Å²) in [7, 11) is 0. The lowest BCUT2D eigenvalue weighted by Gasteiger charge is -2.08. The third kappa shape index (κ3) is 3.37. The molecule has 0 unspecified atom stereocenters. The van der Waals surface area contributed by atoms with Gasteiger partial charge < -0.3 is 0 Å². The number of para-hydroxylation sites is 1. The van der Waals surface area contributed by atoms with E-state index < -0.39 is 17.6 Å². The van der Waals surface area contributed by atoms with Gasteiger partial charge in [0, 0.05) is 12.4 Å². The fraction of sp³-hybridized carbons (Fsp3) is 0.0588. The van der Waals surface area contributed by atoms with E-state index in [0.717, 1.165) is 0 Å². The monoisotopic (exact) mass is 339 g/mol. The molecule has 8 heteroatoms. The van der Waals surface area contributed by atoms with Crippen molar-refractivity contribution in [1.29, 1.82) is 0 Å². The lowest BCUT2D eigenvalue weighted by molar-refractivity contribution is 0.0846. The number of pyridine rings is 1. The topological polar surface area (TPSA) is 88.9 Å². The van der Waals surface area contributed by atoms with Crippen molar-refractivity contribution in [1.82, 2.24) is 25.6 Å². The molecule has 0 aliphatic carbocycles. The SMILES string of the molecule is Cc1c(C(=O)NNC(=O)c2cccnc2)cnn1-c1ccccc1F. The van der Waals surface area contributed by atoms with Gasteiger partial charge in [0.1, 0.15) is 11.5 Å². The van der Waals surface area contributed by atoms with Gasteiger partial charge in [-0.05, 0) is 31.2 Å². The Morgan fingerprint density at radius 2 is 1.80 bits per heavy atom. The third-order valence-electron chi connectivity index (χ3n) is 3.55. The summed E-state index contributed by atoms with van der Waals surface area (Å²) in [4.78, 5) is 28.0. The van der Waals surface area contributed by atoms with Crippen molar-refractivity contribution in [2.45, 2.75) is 6.92 Å². The number of benzene rings is 1. The molecule has 1 aromatic carbocycles. The first-order valence-corrected chi connectivity index (χ1v) is 7.38. The Morgan fingerprint density at radius 1 is 1.04 bits per heavy atom. The van der Waals surface area contributed by atoms with E-state index in [-0.39, 0.29) is 11.3 Å². The van der Waals surface area contributed by atoms with Crippen LogP contribution in [0.25, 0.3) is 5.69 Å². The number of carbonyl (C=O) groups excluding carboxylic acids is 2. The summed E-state index contributed by atoms with van der Waals surface area (Å²) < 4.78 is 15.2. The largest absolute Gasteiger partial charge is 0.273 e. The number of halogens is 1. The molecule has 0 aliphatic heterocycles. The minimum atomic E-state index is -0.558. The summed E-state index contributed by atoms with van der Waals surface area (Å²) in [5.41, 5.74) is 5.80. The molecular weight excluding hydrogens is 325 g/mol. The molecule has 2 N–H and O–H groups in total. The second-order valence-electron chi connectivity index (χ2n) is 5.16. The molecule has 0 atom stereocenters. The van der Waals surface area contributed by atoms with Gasteiger partial charge in [-0.3, -0.25) is 25.4 Å². The van der Waals surface area contributed by atoms with Crippen molar-refractivity contribution in [3.8, 4) is 5.69 Å². The van der Waals surface area contributed by atoms with Gasteiger partial charge in [0.05, 0.1) is 23.0 Å². The van der Waals surface area contributed by atoms with E-state index >= 15 is 0 Å². The van der Waals surface area contributed by atoms with Gasteiger partial charge in [-0.1, -0.05) is 12.1 Å². The van der Waals surface area contributed by atoms with Crippen LogP contribution in [-0.4, -0.2) is 26.6 Å². The molecule has 0 fully saturated rings. The van der Waals surface area contributed by atoms with E-state index in [9.17, 15) is 14.0 Å². The Hall–Kier alpha value is -3.55. The molecule has 3 aromatic rings. The highest BCUT2D eigenvalue weighted by Gasteiger charge is 2.17. The van der Waals surface area contributed by atoms with E-state index in [1.54, 1.807) is 37.3 Å². The second-order valence-corrected chi connectivity index (χ2v) is 5.16. The van der Waals surface area contributed by atoms with Gasteiger partial charge in [-0.25, -0.2) is 9.07 Å². The minimum Gasteiger partial charge on any atom is -0.267 e. The molecule has 0 aliphatic rings. The van der Waals surface area contributed by atoms with Gasteiger partial charge in [-0.2, -0.15) is 5.10 Å². The summed E-state index contributed by atoms with van der Waals surface area (Å²) in [6.07, 6.45) is 4.23. The first kappa shape index (κ1) is 16.3. The Labute approximate surface area is 142 Å². The predicted octanol–water partition coefficient (Wildman–Crippen LogP) is 1.79. The van der Waals surface area contributed by atoms with Crippen molar-refractivity contribution >= 4 is 11.8 Å². The number of carbonyl (C=O) groups is 2. The first-order valence-electron chi connectivity index (χ1n) is 7.38. The molecule has 2 aromatic heterocycles. The quantitative estimate of drug-likeness (QED) is 0.712. The number of hydrogen-bond donors (Lipinski definition) is 2. The van der Waals surface area contributed by atoms with Crippen LogP contribution in [0.5, 0.6) is 0 Å². The van der Waals surface area contributed by atoms with Crippen molar-refractivity contribution in [3.63, 3.8) is 0 Å². The maximum absolute atomic E-state index is 13.9. The zero-order valence-corrected chi connectivity index (χ0v) is 13.2. The number of amides is 2. The number of nitrogens with one attached hydrogen (secondary N) is 2. The second kappa shape index (κ2) is 6.91. The average Bonchev–Trinajstić information content (AvgIpc) is 3.02. The van der Waals surface area contributed by atoms with Crippen LogP contribution >= 0.6 is 0 Å². The average molecular weight is 339 g/mol. The van der Waals surface area contributed by atoms with Crippen LogP contribution in [0.1, 0.15) is 26.4 Å². The molecular formula is C17H14FN5O2. The molecule has 0 saturated heterocycles. The first-order chi connectivity index (χ1) is 12.1. The number of aromatic nitrogens is 3. The van der Waals surface area contributed by atoms with Crippen molar-refractivity contribution in [2.24, 2.45) is 0 Å². The molecule has 126 valence electrons. The fourth-order valence-corrected chi connectivity index (χ4v) is 2.25. The highest BCUT2D eigenvalue weighted by Crippen LogP contribution is 2.16. The Balaban J connectivity index is 1.74. The highest BCUT2D eigenvalue weighted by molar-refractivity contribution is 5.99. The number of hydrogen-bond acceptors (Lipinski definition) is 4. The van der Waals surface area contributed by atoms with Crippen molar-refractivity contribution in [2.75, 3.05) is 0 Å². The van der Waals surface area contributed by atoms with Gasteiger partial charge in [0.15, 0.2) is 0 Å². The van der Waals surface area contributed by atoms with Crippen LogP contribution in [0.2, 0.25) is 0 Å². The summed E-state index contributed by atoms with van der Waals surface area (Å²) in [5.74, 6) is -1.51. The standard InChI is InChI=1S/C17H14FN5O2/c1-11-13(10-20-23(11)15-7-3-2-6-14(15)18)17(25)22-21-16(24)12-5-4-8-19-9-12/h2-10H,1H3,(H,21,24)(H,22,25). The Morgan fingerprint density at radius 3 is 2.52 bits per heavy atom. The van der Waals surface area contributed by atoms with Gasteiger partial charge in [0.25, 0.3) is 11.8 Å². The summed E-state index contributed by atoms with van der Waals surface area (Å²) in [6.45, 7) is 1.64. The molecule has 0 spiro atoms. The molecule has 3 rings (SSSR count). The van der Waals surface area contributed by atoms with Crippen molar-refractivity contribution < 1.29 is 14.0 Å². The van der Waals surface area contributed by atoms with Gasteiger partial charge in [0.2, 0.25) is 0 Å². The summed E-state index contributed by atoms with van der Waals surface area (Å²) in [5, 5.41) is 4.05. The summed E-state index contributed by atoms with van der Waals surface area (Å²) >= 11 is 0. The van der Waals surface area contributed by atoms with Gasteiger partial charge >= 0.3 is 0 Å². The van der Waals surface area contributed by atoms with Crippen LogP contribution in [0.3, 0.4) is 0 Å². The Kier molecular flexibility index (Phi) is 4.51. The minimum absolute atomic E-state index is 0.217. The fourth-order valence-electron chi connectivity index (χ4n) is 2.25. The van der Waals surface area contributed by atoms with E-state index in [4.69, 9.17) is 0 Å². The number of hydrazine groups is 1. The molecule has 0 radical (unpaired) electrons. The lowest BCUT2D eigenvalue weighted by atomic mass is 10.2. The molecule has 2 heterocycles. The van der Waals surface area contributed by atoms with Crippen molar-refractivity contribution in [3.05, 3.63) is 77.6 Å². The highest BCUT2D eigenvalue weighted by atomic mass is 19.1. The zero-order chi connectivity index (χ0) is 17.8. The van der Waals surface area contributed by atoms with E-state index in [0.29, 0.717) is 11.3 Å². The smallest absolute Gasteiger partial charge is 0.267 e. The molecule has 0 saturated carbocycles. The van der Waals surface area contributed by atoms with E-state index in [1.165, 1.54) is 29.3 Å². The van der Waals surface area contributed by atoms with E-state index in [2.05, 4.69) is 20.9 Å². The molecule has 25 heavy (non-hydrogen) atoms. The molecule has 7 nitrogen and oxygen atoms in total. The lowest BCUT2D eigenvalue weighted by Crippen LogP contribution is -2.41. The maximum Gasteiger partial charge on any atom is 0.273 e. The van der Waals surface area contributed by atoms with Crippen LogP contribution in [0, 0.1) is 12.7 Å². The maximum atomic E-state index is 13.9. The van der Waals surface area contributed by atoms with Crippen LogP contribution < -0.4 is 10.9 Å². The van der Waals surface area contributed by atoms with Crippen LogP contribution in [-0.2, 0) is 0 Å². The Bertz CT molecular complexity index is 924.